The molecule has 3 unspecified atom stereocenters. The zero-order valence-electron chi connectivity index (χ0n) is 12.1. The van der Waals surface area contributed by atoms with Crippen molar-refractivity contribution in [1.29, 1.82) is 0 Å². The molecule has 2 rings (SSSR count). The highest BCUT2D eigenvalue weighted by atomic mass is 19.1. The van der Waals surface area contributed by atoms with E-state index >= 15 is 0 Å². The fourth-order valence-electron chi connectivity index (χ4n) is 3.65. The van der Waals surface area contributed by atoms with E-state index in [4.69, 9.17) is 5.84 Å². The first-order valence-electron chi connectivity index (χ1n) is 7.23. The van der Waals surface area contributed by atoms with Crippen molar-refractivity contribution in [2.75, 3.05) is 0 Å². The van der Waals surface area contributed by atoms with E-state index in [-0.39, 0.29) is 11.9 Å². The minimum Gasteiger partial charge on any atom is -0.271 e. The van der Waals surface area contributed by atoms with Crippen molar-refractivity contribution in [3.8, 4) is 0 Å². The lowest BCUT2D eigenvalue weighted by Crippen LogP contribution is -2.37. The Kier molecular flexibility index (Phi) is 4.58. The smallest absolute Gasteiger partial charge is 0.128 e. The first-order valence-corrected chi connectivity index (χ1v) is 7.23. The Morgan fingerprint density at radius 3 is 2.37 bits per heavy atom. The van der Waals surface area contributed by atoms with E-state index in [0.29, 0.717) is 23.3 Å². The van der Waals surface area contributed by atoms with Crippen molar-refractivity contribution in [1.82, 2.24) is 5.43 Å². The van der Waals surface area contributed by atoms with Crippen molar-refractivity contribution in [3.63, 3.8) is 0 Å². The van der Waals surface area contributed by atoms with E-state index in [9.17, 15) is 4.39 Å². The van der Waals surface area contributed by atoms with E-state index < -0.39 is 0 Å². The van der Waals surface area contributed by atoms with E-state index in [1.807, 2.05) is 19.1 Å². The van der Waals surface area contributed by atoms with Gasteiger partial charge in [-0.25, -0.2) is 4.39 Å². The molecule has 0 amide bonds. The van der Waals surface area contributed by atoms with Crippen LogP contribution in [0.1, 0.15) is 50.3 Å². The van der Waals surface area contributed by atoms with Crippen LogP contribution in [0.25, 0.3) is 0 Å². The van der Waals surface area contributed by atoms with Gasteiger partial charge in [-0.1, -0.05) is 26.0 Å². The summed E-state index contributed by atoms with van der Waals surface area (Å²) >= 11 is 0. The predicted octanol–water partition coefficient (Wildman–Crippen LogP) is 3.71. The van der Waals surface area contributed by atoms with Gasteiger partial charge in [0.05, 0.1) is 6.04 Å². The molecule has 0 aromatic heterocycles. The number of hydrazine groups is 1. The summed E-state index contributed by atoms with van der Waals surface area (Å²) in [4.78, 5) is 0. The molecular weight excluding hydrogens is 239 g/mol. The second kappa shape index (κ2) is 6.02. The maximum atomic E-state index is 14.1. The monoisotopic (exact) mass is 264 g/mol. The Hall–Kier alpha value is -0.930. The van der Waals surface area contributed by atoms with Crippen LogP contribution >= 0.6 is 0 Å². The molecule has 0 bridgehead atoms. The Morgan fingerprint density at radius 2 is 1.84 bits per heavy atom. The van der Waals surface area contributed by atoms with Crippen molar-refractivity contribution in [2.45, 2.75) is 46.1 Å². The Bertz CT molecular complexity index is 423. The molecule has 2 nitrogen and oxygen atoms in total. The van der Waals surface area contributed by atoms with Crippen LogP contribution in [-0.2, 0) is 0 Å². The van der Waals surface area contributed by atoms with Gasteiger partial charge in [-0.05, 0) is 55.6 Å². The third-order valence-corrected chi connectivity index (χ3v) is 4.36. The molecule has 106 valence electrons. The minimum absolute atomic E-state index is 0.0780. The number of halogens is 1. The number of hydrogen-bond acceptors (Lipinski definition) is 2. The summed E-state index contributed by atoms with van der Waals surface area (Å²) < 4.78 is 14.1. The molecule has 0 saturated heterocycles. The van der Waals surface area contributed by atoms with E-state index in [1.165, 1.54) is 6.42 Å². The average molecular weight is 264 g/mol. The first kappa shape index (κ1) is 14.5. The van der Waals surface area contributed by atoms with Crippen LogP contribution < -0.4 is 11.3 Å². The van der Waals surface area contributed by atoms with Crippen LogP contribution in [0.2, 0.25) is 0 Å². The topological polar surface area (TPSA) is 38.0 Å². The van der Waals surface area contributed by atoms with Crippen molar-refractivity contribution >= 4 is 0 Å². The van der Waals surface area contributed by atoms with Crippen molar-refractivity contribution in [3.05, 3.63) is 35.1 Å². The SMILES string of the molecule is Cc1ccc(C(NN)C2CC(C)CC(C)C2)c(F)c1. The van der Waals surface area contributed by atoms with Gasteiger partial charge >= 0.3 is 0 Å². The Labute approximate surface area is 115 Å². The molecule has 1 aliphatic carbocycles. The summed E-state index contributed by atoms with van der Waals surface area (Å²) in [5.74, 6) is 7.38. The van der Waals surface area contributed by atoms with Gasteiger partial charge < -0.3 is 0 Å². The van der Waals surface area contributed by atoms with Gasteiger partial charge in [0, 0.05) is 5.56 Å². The second-order valence-corrected chi connectivity index (χ2v) is 6.35. The zero-order valence-corrected chi connectivity index (χ0v) is 12.1. The second-order valence-electron chi connectivity index (χ2n) is 6.35. The first-order chi connectivity index (χ1) is 9.01. The zero-order chi connectivity index (χ0) is 14.0. The summed E-state index contributed by atoms with van der Waals surface area (Å²) in [5.41, 5.74) is 4.50. The summed E-state index contributed by atoms with van der Waals surface area (Å²) in [5, 5.41) is 0. The van der Waals surface area contributed by atoms with Crippen LogP contribution in [-0.4, -0.2) is 0 Å². The molecule has 1 saturated carbocycles. The number of benzene rings is 1. The summed E-state index contributed by atoms with van der Waals surface area (Å²) in [6.45, 7) is 6.46. The molecule has 3 heteroatoms. The van der Waals surface area contributed by atoms with E-state index in [1.54, 1.807) is 6.07 Å². The average Bonchev–Trinajstić information content (AvgIpc) is 2.31. The van der Waals surface area contributed by atoms with Gasteiger partial charge in [0.15, 0.2) is 0 Å². The van der Waals surface area contributed by atoms with E-state index in [2.05, 4.69) is 19.3 Å². The maximum Gasteiger partial charge on any atom is 0.128 e. The fourth-order valence-corrected chi connectivity index (χ4v) is 3.65. The number of nitrogens with one attached hydrogen (secondary N) is 1. The van der Waals surface area contributed by atoms with Crippen LogP contribution in [0.5, 0.6) is 0 Å². The number of rotatable bonds is 3. The van der Waals surface area contributed by atoms with Gasteiger partial charge in [0.25, 0.3) is 0 Å². The molecular formula is C16H25FN2. The highest BCUT2D eigenvalue weighted by Gasteiger charge is 2.31. The number of nitrogens with two attached hydrogens (primary N) is 1. The third kappa shape index (κ3) is 3.34. The maximum absolute atomic E-state index is 14.1. The summed E-state index contributed by atoms with van der Waals surface area (Å²) in [7, 11) is 0. The molecule has 3 atom stereocenters. The standard InChI is InChI=1S/C16H25FN2/c1-10-4-5-14(15(17)9-10)16(19-18)13-7-11(2)6-12(3)8-13/h4-5,9,11-13,16,19H,6-8,18H2,1-3H3. The highest BCUT2D eigenvalue weighted by molar-refractivity contribution is 5.26. The lowest BCUT2D eigenvalue weighted by molar-refractivity contribution is 0.175. The van der Waals surface area contributed by atoms with Crippen LogP contribution in [0.3, 0.4) is 0 Å². The molecule has 0 heterocycles. The lowest BCUT2D eigenvalue weighted by Gasteiger charge is -2.36. The normalized spacial score (nSPS) is 29.2. The minimum atomic E-state index is -0.145. The lowest BCUT2D eigenvalue weighted by atomic mass is 9.72. The molecule has 0 spiro atoms. The van der Waals surface area contributed by atoms with Gasteiger partial charge in [-0.2, -0.15) is 0 Å². The van der Waals surface area contributed by atoms with Crippen molar-refractivity contribution in [2.24, 2.45) is 23.6 Å². The van der Waals surface area contributed by atoms with Crippen LogP contribution in [0.4, 0.5) is 4.39 Å². The number of aryl methyl sites for hydroxylation is 1. The molecule has 0 aliphatic heterocycles. The molecule has 1 aromatic carbocycles. The largest absolute Gasteiger partial charge is 0.271 e. The van der Waals surface area contributed by atoms with Crippen molar-refractivity contribution < 1.29 is 4.39 Å². The van der Waals surface area contributed by atoms with E-state index in [0.717, 1.165) is 18.4 Å². The fraction of sp³-hybridized carbons (Fsp3) is 0.625. The molecule has 1 aromatic rings. The molecule has 1 fully saturated rings. The summed E-state index contributed by atoms with van der Waals surface area (Å²) in [6.07, 6.45) is 3.50. The quantitative estimate of drug-likeness (QED) is 0.645. The van der Waals surface area contributed by atoms with Gasteiger partial charge in [-0.15, -0.1) is 0 Å². The molecule has 19 heavy (non-hydrogen) atoms. The van der Waals surface area contributed by atoms with Gasteiger partial charge in [0.1, 0.15) is 5.82 Å². The third-order valence-electron chi connectivity index (χ3n) is 4.36. The van der Waals surface area contributed by atoms with Crippen LogP contribution in [0.15, 0.2) is 18.2 Å². The Morgan fingerprint density at radius 1 is 1.21 bits per heavy atom. The molecule has 3 N–H and O–H groups in total. The predicted molar refractivity (Wildman–Crippen MR) is 76.9 cm³/mol. The Balaban J connectivity index is 2.23. The van der Waals surface area contributed by atoms with Crippen LogP contribution in [0, 0.1) is 30.5 Å². The van der Waals surface area contributed by atoms with Gasteiger partial charge in [-0.3, -0.25) is 11.3 Å². The molecule has 1 aliphatic rings. The highest BCUT2D eigenvalue weighted by Crippen LogP contribution is 2.40. The molecule has 0 radical (unpaired) electrons. The number of hydrogen-bond donors (Lipinski definition) is 2. The van der Waals surface area contributed by atoms with Gasteiger partial charge in [0.2, 0.25) is 0 Å². The summed E-state index contributed by atoms with van der Waals surface area (Å²) in [6, 6.07) is 5.35.